The molecule has 8 nitrogen and oxygen atoms in total. The van der Waals surface area contributed by atoms with Gasteiger partial charge in [0.05, 0.1) is 16.7 Å². The lowest BCUT2D eigenvalue weighted by Gasteiger charge is -2.29. The van der Waals surface area contributed by atoms with Crippen molar-refractivity contribution >= 4 is 23.6 Å². The van der Waals surface area contributed by atoms with Crippen molar-refractivity contribution in [1.29, 1.82) is 0 Å². The first-order valence-corrected chi connectivity index (χ1v) is 9.69. The van der Waals surface area contributed by atoms with E-state index in [1.165, 1.54) is 29.3 Å². The Balaban J connectivity index is 1.53. The molecule has 3 rings (SSSR count). The zero-order valence-electron chi connectivity index (χ0n) is 17.2. The second-order valence-corrected chi connectivity index (χ2v) is 7.98. The number of imide groups is 1. The maximum absolute atomic E-state index is 12.6. The normalized spacial score (nSPS) is 13.2. The fraction of sp³-hybridized carbons (Fsp3) is 0.318. The van der Waals surface area contributed by atoms with Gasteiger partial charge in [-0.15, -0.1) is 0 Å². The summed E-state index contributed by atoms with van der Waals surface area (Å²) in [6.07, 6.45) is 3.62. The van der Waals surface area contributed by atoms with Gasteiger partial charge in [0.15, 0.2) is 0 Å². The highest BCUT2D eigenvalue weighted by Gasteiger charge is 2.42. The standard InChI is InChI=1S/C22H24N4O4/c1-22(2,3)26-20(29)16-8-7-14(12-17(16)21(26)30)18(27)24-10-5-11-25-19(28)15-6-4-9-23-13-15/h4,6-9,12-13H,5,10-11H2,1-3H3,(H,24,27)(H,25,28). The molecule has 0 spiro atoms. The van der Waals surface area contributed by atoms with Crippen LogP contribution < -0.4 is 10.6 Å². The minimum Gasteiger partial charge on any atom is -0.352 e. The summed E-state index contributed by atoms with van der Waals surface area (Å²) in [5.41, 5.74) is 0.694. The molecule has 0 aliphatic carbocycles. The molecule has 1 aliphatic heterocycles. The Morgan fingerprint density at radius 1 is 0.933 bits per heavy atom. The first-order chi connectivity index (χ1) is 14.2. The molecule has 0 atom stereocenters. The highest BCUT2D eigenvalue weighted by Crippen LogP contribution is 2.29. The van der Waals surface area contributed by atoms with E-state index in [-0.39, 0.29) is 23.3 Å². The predicted molar refractivity (Wildman–Crippen MR) is 110 cm³/mol. The van der Waals surface area contributed by atoms with Crippen LogP contribution in [0.15, 0.2) is 42.7 Å². The number of hydrogen-bond donors (Lipinski definition) is 2. The third kappa shape index (κ3) is 4.37. The van der Waals surface area contributed by atoms with Crippen LogP contribution in [0.5, 0.6) is 0 Å². The van der Waals surface area contributed by atoms with E-state index in [1.807, 2.05) is 0 Å². The molecule has 2 heterocycles. The van der Waals surface area contributed by atoms with Crippen molar-refractivity contribution in [2.24, 2.45) is 0 Å². The van der Waals surface area contributed by atoms with Crippen LogP contribution in [0.3, 0.4) is 0 Å². The third-order valence-corrected chi connectivity index (χ3v) is 4.67. The van der Waals surface area contributed by atoms with Gasteiger partial charge in [-0.2, -0.15) is 0 Å². The molecule has 2 aromatic rings. The molecule has 0 fully saturated rings. The molecule has 1 aliphatic rings. The Labute approximate surface area is 174 Å². The summed E-state index contributed by atoms with van der Waals surface area (Å²) in [4.78, 5) is 54.6. The highest BCUT2D eigenvalue weighted by atomic mass is 16.2. The van der Waals surface area contributed by atoms with Crippen molar-refractivity contribution in [1.82, 2.24) is 20.5 Å². The van der Waals surface area contributed by atoms with Crippen molar-refractivity contribution in [3.8, 4) is 0 Å². The average molecular weight is 408 g/mol. The highest BCUT2D eigenvalue weighted by molar-refractivity contribution is 6.22. The Morgan fingerprint density at radius 2 is 1.57 bits per heavy atom. The van der Waals surface area contributed by atoms with Gasteiger partial charge in [0, 0.05) is 36.6 Å². The molecule has 0 saturated carbocycles. The van der Waals surface area contributed by atoms with Gasteiger partial charge in [-0.3, -0.25) is 29.1 Å². The lowest BCUT2D eigenvalue weighted by molar-refractivity contribution is 0.0507. The largest absolute Gasteiger partial charge is 0.352 e. The van der Waals surface area contributed by atoms with Crippen molar-refractivity contribution in [3.05, 3.63) is 65.0 Å². The Bertz CT molecular complexity index is 996. The minimum atomic E-state index is -0.643. The van der Waals surface area contributed by atoms with E-state index in [9.17, 15) is 19.2 Å². The smallest absolute Gasteiger partial charge is 0.262 e. The predicted octanol–water partition coefficient (Wildman–Crippen LogP) is 2.03. The molecular formula is C22H24N4O4. The number of amides is 4. The van der Waals surface area contributed by atoms with Crippen molar-refractivity contribution in [2.45, 2.75) is 32.7 Å². The Kier molecular flexibility index (Phi) is 5.96. The molecular weight excluding hydrogens is 384 g/mol. The number of carbonyl (C=O) groups excluding carboxylic acids is 4. The van der Waals surface area contributed by atoms with Gasteiger partial charge in [0.25, 0.3) is 23.6 Å². The van der Waals surface area contributed by atoms with Crippen LogP contribution in [0.25, 0.3) is 0 Å². The van der Waals surface area contributed by atoms with Gasteiger partial charge >= 0.3 is 0 Å². The molecule has 0 radical (unpaired) electrons. The fourth-order valence-corrected chi connectivity index (χ4v) is 3.18. The van der Waals surface area contributed by atoms with Crippen molar-refractivity contribution in [3.63, 3.8) is 0 Å². The summed E-state index contributed by atoms with van der Waals surface area (Å²) in [6.45, 7) is 6.11. The number of hydrogen-bond acceptors (Lipinski definition) is 5. The first-order valence-electron chi connectivity index (χ1n) is 9.69. The molecule has 0 saturated heterocycles. The maximum Gasteiger partial charge on any atom is 0.262 e. The van der Waals surface area contributed by atoms with Crippen LogP contribution in [0.4, 0.5) is 0 Å². The Morgan fingerprint density at radius 3 is 2.17 bits per heavy atom. The van der Waals surface area contributed by atoms with Crippen LogP contribution in [0.1, 0.15) is 68.6 Å². The van der Waals surface area contributed by atoms with Gasteiger partial charge in [0.1, 0.15) is 0 Å². The zero-order chi connectivity index (χ0) is 21.9. The van der Waals surface area contributed by atoms with E-state index in [4.69, 9.17) is 0 Å². The number of aromatic nitrogens is 1. The van der Waals surface area contributed by atoms with Gasteiger partial charge < -0.3 is 10.6 Å². The van der Waals surface area contributed by atoms with Crippen LogP contribution in [0.2, 0.25) is 0 Å². The molecule has 0 bridgehead atoms. The quantitative estimate of drug-likeness (QED) is 0.562. The molecule has 30 heavy (non-hydrogen) atoms. The van der Waals surface area contributed by atoms with Gasteiger partial charge in [0.2, 0.25) is 0 Å². The zero-order valence-corrected chi connectivity index (χ0v) is 17.2. The summed E-state index contributed by atoms with van der Waals surface area (Å²) in [7, 11) is 0. The van der Waals surface area contributed by atoms with Crippen molar-refractivity contribution < 1.29 is 19.2 Å². The number of benzene rings is 1. The second-order valence-electron chi connectivity index (χ2n) is 7.98. The van der Waals surface area contributed by atoms with E-state index in [2.05, 4.69) is 15.6 Å². The number of rotatable bonds is 6. The number of nitrogens with zero attached hydrogens (tertiary/aromatic N) is 2. The summed E-state index contributed by atoms with van der Waals surface area (Å²) in [5.74, 6) is -1.31. The second kappa shape index (κ2) is 8.44. The number of fused-ring (bicyclic) bond motifs is 1. The Hall–Kier alpha value is -3.55. The topological polar surface area (TPSA) is 108 Å². The monoisotopic (exact) mass is 408 g/mol. The van der Waals surface area contributed by atoms with E-state index in [0.29, 0.717) is 36.2 Å². The molecule has 0 unspecified atom stereocenters. The van der Waals surface area contributed by atoms with Gasteiger partial charge in [-0.1, -0.05) is 0 Å². The SMILES string of the molecule is CC(C)(C)N1C(=O)c2ccc(C(=O)NCCCNC(=O)c3cccnc3)cc2C1=O. The van der Waals surface area contributed by atoms with Crippen LogP contribution >= 0.6 is 0 Å². The van der Waals surface area contributed by atoms with Crippen LogP contribution in [-0.2, 0) is 0 Å². The molecule has 4 amide bonds. The lowest BCUT2D eigenvalue weighted by atomic mass is 10.1. The first kappa shape index (κ1) is 21.2. The lowest BCUT2D eigenvalue weighted by Crippen LogP contribution is -2.45. The molecule has 156 valence electrons. The molecule has 1 aromatic carbocycles. The molecule has 8 heteroatoms. The minimum absolute atomic E-state index is 0.223. The summed E-state index contributed by atoms with van der Waals surface area (Å²) >= 11 is 0. The van der Waals surface area contributed by atoms with Crippen LogP contribution in [-0.4, -0.2) is 52.1 Å². The summed E-state index contributed by atoms with van der Waals surface area (Å²) < 4.78 is 0. The summed E-state index contributed by atoms with van der Waals surface area (Å²) in [6, 6.07) is 7.87. The van der Waals surface area contributed by atoms with E-state index >= 15 is 0 Å². The summed E-state index contributed by atoms with van der Waals surface area (Å²) in [5, 5.41) is 5.52. The third-order valence-electron chi connectivity index (χ3n) is 4.67. The number of nitrogens with one attached hydrogen (secondary N) is 2. The fourth-order valence-electron chi connectivity index (χ4n) is 3.18. The average Bonchev–Trinajstić information content (AvgIpc) is 2.98. The van der Waals surface area contributed by atoms with E-state index in [0.717, 1.165) is 0 Å². The van der Waals surface area contributed by atoms with Gasteiger partial charge in [-0.25, -0.2) is 0 Å². The van der Waals surface area contributed by atoms with Gasteiger partial charge in [-0.05, 0) is 57.5 Å². The molecule has 2 N–H and O–H groups in total. The van der Waals surface area contributed by atoms with Crippen molar-refractivity contribution in [2.75, 3.05) is 13.1 Å². The maximum atomic E-state index is 12.6. The van der Waals surface area contributed by atoms with E-state index < -0.39 is 11.4 Å². The van der Waals surface area contributed by atoms with E-state index in [1.54, 1.807) is 39.1 Å². The van der Waals surface area contributed by atoms with Crippen LogP contribution in [0, 0.1) is 0 Å². The number of pyridine rings is 1. The molecule has 1 aromatic heterocycles. The number of carbonyl (C=O) groups is 4.